The molecule has 3 aromatic rings. The standard InChI is InChI=1S/C15H12F3N/c1-9-6-7-12-10(8-9)14-11(15(16,17)18)4-3-5-13(14)19(12)2/h3-8H,1-2H3. The van der Waals surface area contributed by atoms with E-state index in [2.05, 4.69) is 0 Å². The maximum Gasteiger partial charge on any atom is 0.417 e. The summed E-state index contributed by atoms with van der Waals surface area (Å²) in [5.41, 5.74) is 1.81. The van der Waals surface area contributed by atoms with E-state index in [0.717, 1.165) is 17.1 Å². The van der Waals surface area contributed by atoms with E-state index in [1.165, 1.54) is 6.07 Å². The second-order valence-corrected chi connectivity index (χ2v) is 4.78. The minimum atomic E-state index is -4.34. The van der Waals surface area contributed by atoms with E-state index >= 15 is 0 Å². The van der Waals surface area contributed by atoms with Gasteiger partial charge in [-0.2, -0.15) is 13.2 Å². The third kappa shape index (κ3) is 1.70. The van der Waals surface area contributed by atoms with Crippen molar-refractivity contribution in [3.05, 3.63) is 47.5 Å². The van der Waals surface area contributed by atoms with E-state index in [0.29, 0.717) is 10.9 Å². The Morgan fingerprint density at radius 3 is 2.42 bits per heavy atom. The maximum atomic E-state index is 13.1. The fraction of sp³-hybridized carbons (Fsp3) is 0.200. The number of aryl methyl sites for hydroxylation is 2. The fourth-order valence-corrected chi connectivity index (χ4v) is 2.61. The molecule has 1 aromatic heterocycles. The van der Waals surface area contributed by atoms with Gasteiger partial charge in [0.1, 0.15) is 0 Å². The highest BCUT2D eigenvalue weighted by atomic mass is 19.4. The minimum Gasteiger partial charge on any atom is -0.344 e. The van der Waals surface area contributed by atoms with Crippen LogP contribution in [0.25, 0.3) is 21.8 Å². The van der Waals surface area contributed by atoms with Crippen molar-refractivity contribution in [1.29, 1.82) is 0 Å². The summed E-state index contributed by atoms with van der Waals surface area (Å²) >= 11 is 0. The molecule has 0 atom stereocenters. The summed E-state index contributed by atoms with van der Waals surface area (Å²) in [5.74, 6) is 0. The van der Waals surface area contributed by atoms with Crippen molar-refractivity contribution in [3.8, 4) is 0 Å². The molecule has 0 saturated heterocycles. The summed E-state index contributed by atoms with van der Waals surface area (Å²) in [6.07, 6.45) is -4.34. The van der Waals surface area contributed by atoms with Crippen molar-refractivity contribution in [2.45, 2.75) is 13.1 Å². The molecule has 0 fully saturated rings. The molecule has 0 radical (unpaired) electrons. The Balaban J connectivity index is 2.58. The number of fused-ring (bicyclic) bond motifs is 3. The first kappa shape index (κ1) is 12.1. The van der Waals surface area contributed by atoms with Crippen LogP contribution in [-0.2, 0) is 13.2 Å². The van der Waals surface area contributed by atoms with Gasteiger partial charge in [0, 0.05) is 28.9 Å². The van der Waals surface area contributed by atoms with Crippen molar-refractivity contribution in [1.82, 2.24) is 4.57 Å². The van der Waals surface area contributed by atoms with E-state index < -0.39 is 11.7 Å². The zero-order chi connectivity index (χ0) is 13.8. The van der Waals surface area contributed by atoms with E-state index in [1.54, 1.807) is 17.7 Å². The highest BCUT2D eigenvalue weighted by Crippen LogP contribution is 2.39. The lowest BCUT2D eigenvalue weighted by molar-refractivity contribution is -0.136. The quantitative estimate of drug-likeness (QED) is 0.556. The molecule has 1 heterocycles. The van der Waals surface area contributed by atoms with Crippen LogP contribution in [0.3, 0.4) is 0 Å². The molecule has 2 aromatic carbocycles. The second kappa shape index (κ2) is 3.76. The topological polar surface area (TPSA) is 4.93 Å². The van der Waals surface area contributed by atoms with Crippen molar-refractivity contribution in [2.24, 2.45) is 7.05 Å². The smallest absolute Gasteiger partial charge is 0.344 e. The Kier molecular flexibility index (Phi) is 2.39. The van der Waals surface area contributed by atoms with Gasteiger partial charge >= 0.3 is 6.18 Å². The molecule has 3 rings (SSSR count). The molecule has 98 valence electrons. The normalized spacial score (nSPS) is 12.5. The van der Waals surface area contributed by atoms with Crippen LogP contribution in [0, 0.1) is 6.92 Å². The summed E-state index contributed by atoms with van der Waals surface area (Å²) in [4.78, 5) is 0. The minimum absolute atomic E-state index is 0.288. The lowest BCUT2D eigenvalue weighted by atomic mass is 10.0. The van der Waals surface area contributed by atoms with Gasteiger partial charge in [-0.05, 0) is 31.2 Å². The molecule has 0 unspecified atom stereocenters. The number of nitrogens with zero attached hydrogens (tertiary/aromatic N) is 1. The first-order valence-corrected chi connectivity index (χ1v) is 5.94. The molecule has 1 nitrogen and oxygen atoms in total. The number of rotatable bonds is 0. The molecule has 0 bridgehead atoms. The Hall–Kier alpha value is -1.97. The van der Waals surface area contributed by atoms with Gasteiger partial charge in [-0.1, -0.05) is 17.7 Å². The lowest BCUT2D eigenvalue weighted by Gasteiger charge is -2.08. The largest absolute Gasteiger partial charge is 0.417 e. The van der Waals surface area contributed by atoms with E-state index in [4.69, 9.17) is 0 Å². The third-order valence-electron chi connectivity index (χ3n) is 3.49. The number of halogens is 3. The number of benzene rings is 2. The maximum absolute atomic E-state index is 13.1. The number of aromatic nitrogens is 1. The van der Waals surface area contributed by atoms with Gasteiger partial charge in [-0.15, -0.1) is 0 Å². The highest BCUT2D eigenvalue weighted by Gasteiger charge is 2.33. The van der Waals surface area contributed by atoms with Crippen molar-refractivity contribution < 1.29 is 13.2 Å². The lowest BCUT2D eigenvalue weighted by Crippen LogP contribution is -2.05. The number of alkyl halides is 3. The highest BCUT2D eigenvalue weighted by molar-refractivity contribution is 6.10. The Morgan fingerprint density at radius 1 is 1.00 bits per heavy atom. The third-order valence-corrected chi connectivity index (χ3v) is 3.49. The van der Waals surface area contributed by atoms with Gasteiger partial charge in [0.15, 0.2) is 0 Å². The number of hydrogen-bond acceptors (Lipinski definition) is 0. The van der Waals surface area contributed by atoms with Crippen molar-refractivity contribution in [2.75, 3.05) is 0 Å². The van der Waals surface area contributed by atoms with Gasteiger partial charge in [0.2, 0.25) is 0 Å². The van der Waals surface area contributed by atoms with Gasteiger partial charge in [0.05, 0.1) is 5.56 Å². The molecule has 0 saturated carbocycles. The molecule has 0 aliphatic carbocycles. The van der Waals surface area contributed by atoms with Crippen LogP contribution in [-0.4, -0.2) is 4.57 Å². The van der Waals surface area contributed by atoms with Crippen LogP contribution in [0.1, 0.15) is 11.1 Å². The summed E-state index contributed by atoms with van der Waals surface area (Å²) in [5, 5.41) is 0.946. The molecule has 0 aliphatic rings. The van der Waals surface area contributed by atoms with Crippen LogP contribution in [0.5, 0.6) is 0 Å². The van der Waals surface area contributed by atoms with Crippen LogP contribution in [0.2, 0.25) is 0 Å². The SMILES string of the molecule is Cc1ccc2c(c1)c1c(C(F)(F)F)cccc1n2C. The number of hydrogen-bond donors (Lipinski definition) is 0. The first-order chi connectivity index (χ1) is 8.89. The first-order valence-electron chi connectivity index (χ1n) is 5.94. The average molecular weight is 263 g/mol. The fourth-order valence-electron chi connectivity index (χ4n) is 2.61. The zero-order valence-corrected chi connectivity index (χ0v) is 10.5. The monoisotopic (exact) mass is 263 g/mol. The summed E-state index contributed by atoms with van der Waals surface area (Å²) in [6, 6.07) is 9.91. The van der Waals surface area contributed by atoms with Gasteiger partial charge in [-0.25, -0.2) is 0 Å². The molecule has 0 amide bonds. The van der Waals surface area contributed by atoms with Crippen LogP contribution in [0.15, 0.2) is 36.4 Å². The molecular weight excluding hydrogens is 251 g/mol. The van der Waals surface area contributed by atoms with Crippen LogP contribution >= 0.6 is 0 Å². The van der Waals surface area contributed by atoms with Gasteiger partial charge in [-0.3, -0.25) is 0 Å². The van der Waals surface area contributed by atoms with Crippen LogP contribution in [0.4, 0.5) is 13.2 Å². The van der Waals surface area contributed by atoms with Gasteiger partial charge in [0.25, 0.3) is 0 Å². The van der Waals surface area contributed by atoms with E-state index in [9.17, 15) is 13.2 Å². The second-order valence-electron chi connectivity index (χ2n) is 4.78. The predicted octanol–water partition coefficient (Wildman–Crippen LogP) is 4.66. The Labute approximate surface area is 108 Å². The zero-order valence-electron chi connectivity index (χ0n) is 10.5. The molecule has 0 aliphatic heterocycles. The van der Waals surface area contributed by atoms with Crippen LogP contribution < -0.4 is 0 Å². The molecular formula is C15H12F3N. The van der Waals surface area contributed by atoms with E-state index in [-0.39, 0.29) is 5.39 Å². The average Bonchev–Trinajstić information content (AvgIpc) is 2.62. The summed E-state index contributed by atoms with van der Waals surface area (Å²) in [6.45, 7) is 1.88. The predicted molar refractivity (Wildman–Crippen MR) is 70.2 cm³/mol. The molecule has 4 heteroatoms. The molecule has 0 spiro atoms. The summed E-state index contributed by atoms with van der Waals surface area (Å²) in [7, 11) is 1.79. The summed E-state index contributed by atoms with van der Waals surface area (Å²) < 4.78 is 41.2. The van der Waals surface area contributed by atoms with E-state index in [1.807, 2.05) is 25.1 Å². The molecule has 19 heavy (non-hydrogen) atoms. The van der Waals surface area contributed by atoms with Gasteiger partial charge < -0.3 is 4.57 Å². The van der Waals surface area contributed by atoms with Crippen molar-refractivity contribution in [3.63, 3.8) is 0 Å². The Morgan fingerprint density at radius 2 is 1.74 bits per heavy atom. The molecule has 0 N–H and O–H groups in total. The van der Waals surface area contributed by atoms with Crippen molar-refractivity contribution >= 4 is 21.8 Å². The Bertz CT molecular complexity index is 781.